The van der Waals surface area contributed by atoms with Crippen molar-refractivity contribution in [3.63, 3.8) is 0 Å². The average molecular weight is 362 g/mol. The molecule has 0 unspecified atom stereocenters. The normalized spacial score (nSPS) is 14.4. The summed E-state index contributed by atoms with van der Waals surface area (Å²) in [6.45, 7) is 0.262. The lowest BCUT2D eigenvalue weighted by Gasteiger charge is -2.30. The van der Waals surface area contributed by atoms with Crippen LogP contribution in [0.3, 0.4) is 0 Å². The Morgan fingerprint density at radius 3 is 2.59 bits per heavy atom. The molecule has 0 atom stereocenters. The van der Waals surface area contributed by atoms with E-state index in [1.807, 2.05) is 0 Å². The Bertz CT molecular complexity index is 842. The summed E-state index contributed by atoms with van der Waals surface area (Å²) in [7, 11) is -3.89. The molecule has 0 N–H and O–H groups in total. The molecule has 1 heterocycles. The summed E-state index contributed by atoms with van der Waals surface area (Å²) >= 11 is 11.7. The van der Waals surface area contributed by atoms with E-state index in [1.165, 1.54) is 30.3 Å². The molecular weight excluding hydrogens is 352 g/mol. The molecule has 2 aromatic carbocycles. The highest BCUT2D eigenvalue weighted by molar-refractivity contribution is 7.92. The summed E-state index contributed by atoms with van der Waals surface area (Å²) in [6.07, 6.45) is 0. The molecule has 0 amide bonds. The van der Waals surface area contributed by atoms with E-state index in [-0.39, 0.29) is 33.8 Å². The van der Waals surface area contributed by atoms with Gasteiger partial charge in [-0.2, -0.15) is 0 Å². The molecule has 2 aromatic rings. The second kappa shape index (κ2) is 5.61. The lowest BCUT2D eigenvalue weighted by molar-refractivity contribution is 0.315. The molecule has 1 aliphatic heterocycles. The molecular formula is C14H10Cl2FNO3S. The number of hydrogen-bond donors (Lipinski definition) is 0. The average Bonchev–Trinajstić information content (AvgIpc) is 2.49. The van der Waals surface area contributed by atoms with Gasteiger partial charge >= 0.3 is 0 Å². The molecule has 0 saturated heterocycles. The van der Waals surface area contributed by atoms with Crippen LogP contribution in [0.5, 0.6) is 5.75 Å². The topological polar surface area (TPSA) is 46.6 Å². The van der Waals surface area contributed by atoms with Crippen LogP contribution in [-0.4, -0.2) is 21.6 Å². The van der Waals surface area contributed by atoms with Crippen molar-refractivity contribution in [2.75, 3.05) is 17.5 Å². The largest absolute Gasteiger partial charge is 0.489 e. The number of ether oxygens (including phenoxy) is 1. The van der Waals surface area contributed by atoms with Gasteiger partial charge in [0.15, 0.2) is 0 Å². The molecule has 0 fully saturated rings. The van der Waals surface area contributed by atoms with Gasteiger partial charge < -0.3 is 4.74 Å². The van der Waals surface area contributed by atoms with Crippen LogP contribution in [0.15, 0.2) is 41.3 Å². The van der Waals surface area contributed by atoms with Crippen molar-refractivity contribution in [1.29, 1.82) is 0 Å². The number of anilines is 1. The first-order valence-corrected chi connectivity index (χ1v) is 8.49. The van der Waals surface area contributed by atoms with Crippen LogP contribution in [0.2, 0.25) is 10.0 Å². The first kappa shape index (κ1) is 15.4. The predicted octanol–water partition coefficient (Wildman–Crippen LogP) is 3.72. The van der Waals surface area contributed by atoms with Crippen molar-refractivity contribution in [2.45, 2.75) is 4.90 Å². The van der Waals surface area contributed by atoms with Gasteiger partial charge in [-0.3, -0.25) is 4.31 Å². The summed E-state index contributed by atoms with van der Waals surface area (Å²) in [5.41, 5.74) is 0.164. The summed E-state index contributed by atoms with van der Waals surface area (Å²) in [6, 6.07) is 7.79. The van der Waals surface area contributed by atoms with Crippen molar-refractivity contribution < 1.29 is 17.5 Å². The Morgan fingerprint density at radius 1 is 1.09 bits per heavy atom. The number of sulfonamides is 1. The van der Waals surface area contributed by atoms with E-state index in [4.69, 9.17) is 27.9 Å². The standard InChI is InChI=1S/C14H10Cl2FNO3S/c15-11-3-2-10(8-12(11)16)22(19,20)18-5-6-21-14-4-1-9(17)7-13(14)18/h1-4,7-8H,5-6H2. The molecule has 0 saturated carbocycles. The number of rotatable bonds is 2. The molecule has 22 heavy (non-hydrogen) atoms. The van der Waals surface area contributed by atoms with Gasteiger partial charge in [-0.25, -0.2) is 12.8 Å². The smallest absolute Gasteiger partial charge is 0.264 e. The predicted molar refractivity (Wildman–Crippen MR) is 82.9 cm³/mol. The second-order valence-electron chi connectivity index (χ2n) is 4.61. The minimum absolute atomic E-state index is 0.0148. The monoisotopic (exact) mass is 361 g/mol. The number of nitrogens with zero attached hydrogens (tertiary/aromatic N) is 1. The Balaban J connectivity index is 2.11. The summed E-state index contributed by atoms with van der Waals surface area (Å²) in [4.78, 5) is -0.0148. The highest BCUT2D eigenvalue weighted by Gasteiger charge is 2.30. The summed E-state index contributed by atoms with van der Waals surface area (Å²) in [5, 5.41) is 0.393. The van der Waals surface area contributed by atoms with Gasteiger partial charge in [0.2, 0.25) is 0 Å². The van der Waals surface area contributed by atoms with Crippen molar-refractivity contribution in [1.82, 2.24) is 0 Å². The van der Waals surface area contributed by atoms with Crippen molar-refractivity contribution >= 4 is 38.9 Å². The highest BCUT2D eigenvalue weighted by atomic mass is 35.5. The molecule has 8 heteroatoms. The third-order valence-electron chi connectivity index (χ3n) is 3.22. The second-order valence-corrected chi connectivity index (χ2v) is 7.29. The van der Waals surface area contributed by atoms with E-state index in [1.54, 1.807) is 0 Å². The molecule has 0 bridgehead atoms. The molecule has 3 rings (SSSR count). The van der Waals surface area contributed by atoms with Gasteiger partial charge in [-0.1, -0.05) is 23.2 Å². The fraction of sp³-hybridized carbons (Fsp3) is 0.143. The summed E-state index contributed by atoms with van der Waals surface area (Å²) < 4.78 is 45.5. The van der Waals surface area contributed by atoms with Crippen molar-refractivity contribution in [3.05, 3.63) is 52.3 Å². The third kappa shape index (κ3) is 2.62. The Morgan fingerprint density at radius 2 is 1.86 bits per heavy atom. The molecule has 0 radical (unpaired) electrons. The Labute approximate surface area is 137 Å². The first-order chi connectivity index (χ1) is 10.4. The van der Waals surface area contributed by atoms with Crippen LogP contribution in [0, 0.1) is 5.82 Å². The molecule has 4 nitrogen and oxygen atoms in total. The van der Waals surface area contributed by atoms with E-state index in [2.05, 4.69) is 0 Å². The molecule has 0 spiro atoms. The van der Waals surface area contributed by atoms with Crippen LogP contribution >= 0.6 is 23.2 Å². The first-order valence-electron chi connectivity index (χ1n) is 6.30. The van der Waals surface area contributed by atoms with Gasteiger partial charge in [-0.15, -0.1) is 0 Å². The maximum absolute atomic E-state index is 13.5. The zero-order chi connectivity index (χ0) is 15.9. The maximum atomic E-state index is 13.5. The molecule has 0 aliphatic carbocycles. The van der Waals surface area contributed by atoms with Gasteiger partial charge in [0.25, 0.3) is 10.0 Å². The third-order valence-corrected chi connectivity index (χ3v) is 5.77. The number of halogens is 3. The Hall–Kier alpha value is -1.50. The van der Waals surface area contributed by atoms with Crippen LogP contribution < -0.4 is 9.04 Å². The zero-order valence-corrected chi connectivity index (χ0v) is 13.4. The van der Waals surface area contributed by atoms with E-state index >= 15 is 0 Å². The SMILES string of the molecule is O=S(=O)(c1ccc(Cl)c(Cl)c1)N1CCOc2ccc(F)cc21. The summed E-state index contributed by atoms with van der Waals surface area (Å²) in [5.74, 6) is -0.227. The minimum Gasteiger partial charge on any atom is -0.489 e. The lowest BCUT2D eigenvalue weighted by atomic mass is 10.2. The van der Waals surface area contributed by atoms with E-state index in [9.17, 15) is 12.8 Å². The van der Waals surface area contributed by atoms with Crippen molar-refractivity contribution in [2.24, 2.45) is 0 Å². The number of hydrogen-bond acceptors (Lipinski definition) is 3. The maximum Gasteiger partial charge on any atom is 0.264 e. The molecule has 116 valence electrons. The van der Waals surface area contributed by atoms with Gasteiger partial charge in [0, 0.05) is 6.07 Å². The quantitative estimate of drug-likeness (QED) is 0.818. The van der Waals surface area contributed by atoms with E-state index in [0.29, 0.717) is 5.75 Å². The van der Waals surface area contributed by atoms with Crippen LogP contribution in [0.25, 0.3) is 0 Å². The minimum atomic E-state index is -3.89. The van der Waals surface area contributed by atoms with Gasteiger partial charge in [-0.05, 0) is 30.3 Å². The van der Waals surface area contributed by atoms with Gasteiger partial charge in [0.1, 0.15) is 18.2 Å². The van der Waals surface area contributed by atoms with Gasteiger partial charge in [0.05, 0.1) is 27.2 Å². The van der Waals surface area contributed by atoms with Crippen LogP contribution in [0.4, 0.5) is 10.1 Å². The number of benzene rings is 2. The van der Waals surface area contributed by atoms with Crippen molar-refractivity contribution in [3.8, 4) is 5.75 Å². The van der Waals surface area contributed by atoms with E-state index in [0.717, 1.165) is 10.4 Å². The zero-order valence-electron chi connectivity index (χ0n) is 11.1. The Kier molecular flexibility index (Phi) is 3.92. The van der Waals surface area contributed by atoms with Crippen LogP contribution in [-0.2, 0) is 10.0 Å². The van der Waals surface area contributed by atoms with Crippen LogP contribution in [0.1, 0.15) is 0 Å². The molecule has 0 aromatic heterocycles. The highest BCUT2D eigenvalue weighted by Crippen LogP contribution is 2.36. The fourth-order valence-electron chi connectivity index (χ4n) is 2.18. The fourth-order valence-corrected chi connectivity index (χ4v) is 4.02. The van der Waals surface area contributed by atoms with E-state index < -0.39 is 15.8 Å². The molecule has 1 aliphatic rings. The lowest BCUT2D eigenvalue weighted by Crippen LogP contribution is -2.38. The number of fused-ring (bicyclic) bond motifs is 1.